The number of hydrogen-bond acceptors (Lipinski definition) is 2. The standard InChI is InChI=1S/C24H24FNO2/c1-24(19-9-5-3-6-10-19,20-11-7-4-8-12-20)17-26-23(27)16-18-13-14-22(28-2)21(25)15-18/h3-15H,16-17H2,1-2H3,(H,26,27). The van der Waals surface area contributed by atoms with Crippen LogP contribution >= 0.6 is 0 Å². The molecule has 0 fully saturated rings. The minimum Gasteiger partial charge on any atom is -0.494 e. The summed E-state index contributed by atoms with van der Waals surface area (Å²) in [6, 6.07) is 24.8. The summed E-state index contributed by atoms with van der Waals surface area (Å²) >= 11 is 0. The number of amides is 1. The fraction of sp³-hybridized carbons (Fsp3) is 0.208. The maximum Gasteiger partial charge on any atom is 0.224 e. The first-order chi connectivity index (χ1) is 13.5. The molecule has 0 bridgehead atoms. The number of benzene rings is 3. The molecule has 0 aliphatic carbocycles. The highest BCUT2D eigenvalue weighted by molar-refractivity contribution is 5.78. The van der Waals surface area contributed by atoms with Crippen molar-refractivity contribution >= 4 is 5.91 Å². The molecule has 3 aromatic rings. The van der Waals surface area contributed by atoms with Crippen molar-refractivity contribution in [2.24, 2.45) is 0 Å². The summed E-state index contributed by atoms with van der Waals surface area (Å²) < 4.78 is 18.8. The molecule has 1 amide bonds. The Morgan fingerprint density at radius 2 is 1.54 bits per heavy atom. The molecule has 0 saturated heterocycles. The molecule has 1 N–H and O–H groups in total. The first-order valence-electron chi connectivity index (χ1n) is 9.23. The molecule has 0 radical (unpaired) electrons. The van der Waals surface area contributed by atoms with Crippen molar-refractivity contribution in [1.82, 2.24) is 5.32 Å². The Balaban J connectivity index is 1.75. The van der Waals surface area contributed by atoms with E-state index in [1.807, 2.05) is 36.4 Å². The quantitative estimate of drug-likeness (QED) is 0.658. The molecular formula is C24H24FNO2. The topological polar surface area (TPSA) is 38.3 Å². The van der Waals surface area contributed by atoms with Gasteiger partial charge in [-0.3, -0.25) is 4.79 Å². The SMILES string of the molecule is COc1ccc(CC(=O)NCC(C)(c2ccccc2)c2ccccc2)cc1F. The zero-order valence-electron chi connectivity index (χ0n) is 16.1. The van der Waals surface area contributed by atoms with Gasteiger partial charge in [-0.25, -0.2) is 4.39 Å². The van der Waals surface area contributed by atoms with E-state index in [4.69, 9.17) is 4.74 Å². The van der Waals surface area contributed by atoms with E-state index in [-0.39, 0.29) is 23.5 Å². The zero-order valence-corrected chi connectivity index (χ0v) is 16.1. The largest absolute Gasteiger partial charge is 0.494 e. The third-order valence-electron chi connectivity index (χ3n) is 5.04. The molecule has 0 aliphatic rings. The molecule has 0 spiro atoms. The third kappa shape index (κ3) is 4.39. The lowest BCUT2D eigenvalue weighted by molar-refractivity contribution is -0.120. The molecule has 0 unspecified atom stereocenters. The lowest BCUT2D eigenvalue weighted by Gasteiger charge is -2.31. The van der Waals surface area contributed by atoms with E-state index in [1.54, 1.807) is 6.07 Å². The molecule has 28 heavy (non-hydrogen) atoms. The van der Waals surface area contributed by atoms with Gasteiger partial charge in [0.15, 0.2) is 11.6 Å². The van der Waals surface area contributed by atoms with E-state index in [1.165, 1.54) is 19.2 Å². The lowest BCUT2D eigenvalue weighted by Crippen LogP contribution is -2.40. The normalized spacial score (nSPS) is 11.1. The number of rotatable bonds is 7. The summed E-state index contributed by atoms with van der Waals surface area (Å²) in [4.78, 5) is 12.5. The molecule has 4 heteroatoms. The number of methoxy groups -OCH3 is 1. The average molecular weight is 377 g/mol. The summed E-state index contributed by atoms with van der Waals surface area (Å²) in [6.45, 7) is 2.56. The number of carbonyl (C=O) groups excluding carboxylic acids is 1. The van der Waals surface area contributed by atoms with Crippen molar-refractivity contribution in [3.05, 3.63) is 101 Å². The van der Waals surface area contributed by atoms with Gasteiger partial charge < -0.3 is 10.1 Å². The lowest BCUT2D eigenvalue weighted by atomic mass is 9.76. The van der Waals surface area contributed by atoms with Crippen molar-refractivity contribution < 1.29 is 13.9 Å². The smallest absolute Gasteiger partial charge is 0.224 e. The fourth-order valence-electron chi connectivity index (χ4n) is 3.33. The minimum atomic E-state index is -0.466. The van der Waals surface area contributed by atoms with E-state index < -0.39 is 5.82 Å². The average Bonchev–Trinajstić information content (AvgIpc) is 2.73. The van der Waals surface area contributed by atoms with Crippen LogP contribution in [0.1, 0.15) is 23.6 Å². The summed E-state index contributed by atoms with van der Waals surface area (Å²) in [5.74, 6) is -0.446. The Bertz CT molecular complexity index is 886. The highest BCUT2D eigenvalue weighted by atomic mass is 19.1. The second-order valence-corrected chi connectivity index (χ2v) is 6.99. The third-order valence-corrected chi connectivity index (χ3v) is 5.04. The Morgan fingerprint density at radius 3 is 2.04 bits per heavy atom. The predicted octanol–water partition coefficient (Wildman–Crippen LogP) is 4.50. The van der Waals surface area contributed by atoms with Crippen molar-refractivity contribution in [2.75, 3.05) is 13.7 Å². The molecule has 0 saturated carbocycles. The number of nitrogens with one attached hydrogen (secondary N) is 1. The molecule has 3 nitrogen and oxygen atoms in total. The van der Waals surface area contributed by atoms with Crippen LogP contribution in [0.3, 0.4) is 0 Å². The molecular weight excluding hydrogens is 353 g/mol. The van der Waals surface area contributed by atoms with Crippen LogP contribution in [0.15, 0.2) is 78.9 Å². The van der Waals surface area contributed by atoms with Gasteiger partial charge in [-0.1, -0.05) is 66.7 Å². The van der Waals surface area contributed by atoms with Crippen LogP contribution in [-0.2, 0) is 16.6 Å². The van der Waals surface area contributed by atoms with Gasteiger partial charge >= 0.3 is 0 Å². The van der Waals surface area contributed by atoms with Gasteiger partial charge in [0.25, 0.3) is 0 Å². The van der Waals surface area contributed by atoms with Crippen LogP contribution in [-0.4, -0.2) is 19.6 Å². The Morgan fingerprint density at radius 1 is 0.964 bits per heavy atom. The van der Waals surface area contributed by atoms with Crippen LogP contribution < -0.4 is 10.1 Å². The van der Waals surface area contributed by atoms with Gasteiger partial charge in [0.2, 0.25) is 5.91 Å². The monoisotopic (exact) mass is 377 g/mol. The van der Waals surface area contributed by atoms with Crippen LogP contribution in [0, 0.1) is 5.82 Å². The first-order valence-corrected chi connectivity index (χ1v) is 9.23. The van der Waals surface area contributed by atoms with Gasteiger partial charge in [-0.05, 0) is 35.7 Å². The molecule has 0 atom stereocenters. The molecule has 0 heterocycles. The second kappa shape index (κ2) is 8.70. The van der Waals surface area contributed by atoms with Crippen LogP contribution in [0.4, 0.5) is 4.39 Å². The molecule has 3 rings (SSSR count). The molecule has 0 aliphatic heterocycles. The van der Waals surface area contributed by atoms with Crippen LogP contribution in [0.25, 0.3) is 0 Å². The Hall–Kier alpha value is -3.14. The summed E-state index contributed by atoms with van der Waals surface area (Å²) in [5, 5.41) is 3.02. The van der Waals surface area contributed by atoms with Gasteiger partial charge in [0.1, 0.15) is 0 Å². The van der Waals surface area contributed by atoms with E-state index >= 15 is 0 Å². The van der Waals surface area contributed by atoms with Gasteiger partial charge in [0.05, 0.1) is 13.5 Å². The maximum absolute atomic E-state index is 13.9. The number of halogens is 1. The maximum atomic E-state index is 13.9. The number of carbonyl (C=O) groups is 1. The number of hydrogen-bond donors (Lipinski definition) is 1. The van der Waals surface area contributed by atoms with Crippen molar-refractivity contribution in [3.8, 4) is 5.75 Å². The predicted molar refractivity (Wildman–Crippen MR) is 109 cm³/mol. The van der Waals surface area contributed by atoms with Crippen molar-refractivity contribution in [1.29, 1.82) is 0 Å². The minimum absolute atomic E-state index is 0.112. The summed E-state index contributed by atoms with van der Waals surface area (Å²) in [6.07, 6.45) is 0.112. The van der Waals surface area contributed by atoms with Gasteiger partial charge in [-0.2, -0.15) is 0 Å². The molecule has 3 aromatic carbocycles. The van der Waals surface area contributed by atoms with Gasteiger partial charge in [0, 0.05) is 12.0 Å². The Labute approximate surface area is 165 Å². The van der Waals surface area contributed by atoms with E-state index in [0.717, 1.165) is 11.1 Å². The highest BCUT2D eigenvalue weighted by Gasteiger charge is 2.29. The van der Waals surface area contributed by atoms with Crippen molar-refractivity contribution in [2.45, 2.75) is 18.8 Å². The second-order valence-electron chi connectivity index (χ2n) is 6.99. The van der Waals surface area contributed by atoms with Gasteiger partial charge in [-0.15, -0.1) is 0 Å². The van der Waals surface area contributed by atoms with E-state index in [0.29, 0.717) is 12.1 Å². The molecule has 0 aromatic heterocycles. The van der Waals surface area contributed by atoms with E-state index in [2.05, 4.69) is 36.5 Å². The van der Waals surface area contributed by atoms with Crippen molar-refractivity contribution in [3.63, 3.8) is 0 Å². The van der Waals surface area contributed by atoms with E-state index in [9.17, 15) is 9.18 Å². The molecule has 144 valence electrons. The highest BCUT2D eigenvalue weighted by Crippen LogP contribution is 2.31. The number of ether oxygens (including phenoxy) is 1. The first kappa shape index (κ1) is 19.6. The summed E-state index contributed by atoms with van der Waals surface area (Å²) in [5.41, 5.74) is 2.48. The van der Waals surface area contributed by atoms with Crippen LogP contribution in [0.5, 0.6) is 5.75 Å². The summed E-state index contributed by atoms with van der Waals surface area (Å²) in [7, 11) is 1.42. The van der Waals surface area contributed by atoms with Crippen LogP contribution in [0.2, 0.25) is 0 Å². The Kier molecular flexibility index (Phi) is 6.09. The zero-order chi connectivity index (χ0) is 20.0. The fourth-order valence-corrected chi connectivity index (χ4v) is 3.33.